The van der Waals surface area contributed by atoms with Gasteiger partial charge in [-0.05, 0) is 6.92 Å². The maximum absolute atomic E-state index is 11.6. The van der Waals surface area contributed by atoms with Gasteiger partial charge in [0.2, 0.25) is 15.8 Å². The summed E-state index contributed by atoms with van der Waals surface area (Å²) >= 11 is 0. The second-order valence-corrected chi connectivity index (χ2v) is 7.92. The van der Waals surface area contributed by atoms with Crippen molar-refractivity contribution in [1.29, 1.82) is 5.26 Å². The van der Waals surface area contributed by atoms with Gasteiger partial charge in [0.1, 0.15) is 6.07 Å². The lowest BCUT2D eigenvalue weighted by Crippen LogP contribution is -2.35. The molecule has 0 aliphatic carbocycles. The summed E-state index contributed by atoms with van der Waals surface area (Å²) in [4.78, 5) is 10.1. The van der Waals surface area contributed by atoms with Crippen LogP contribution in [0, 0.1) is 23.2 Å². The number of ether oxygens (including phenoxy) is 1. The van der Waals surface area contributed by atoms with E-state index < -0.39 is 10.0 Å². The molecule has 1 aromatic heterocycles. The lowest BCUT2D eigenvalue weighted by molar-refractivity contribution is 0.111. The Morgan fingerprint density at radius 1 is 1.43 bits per heavy atom. The van der Waals surface area contributed by atoms with Crippen LogP contribution in [0.15, 0.2) is 12.4 Å². The van der Waals surface area contributed by atoms with Gasteiger partial charge in [0.25, 0.3) is 0 Å². The molecule has 23 heavy (non-hydrogen) atoms. The van der Waals surface area contributed by atoms with Crippen LogP contribution in [0.5, 0.6) is 0 Å². The van der Waals surface area contributed by atoms with E-state index in [9.17, 15) is 8.42 Å². The average molecular weight is 337 g/mol. The number of hydrogen-bond acceptors (Lipinski definition) is 7. The fraction of sp³-hybridized carbons (Fsp3) is 0.643. The molecule has 3 heterocycles. The van der Waals surface area contributed by atoms with Gasteiger partial charge < -0.3 is 9.64 Å². The fourth-order valence-corrected chi connectivity index (χ4v) is 3.77. The molecule has 2 saturated heterocycles. The Morgan fingerprint density at radius 3 is 2.83 bits per heavy atom. The van der Waals surface area contributed by atoms with Crippen molar-refractivity contribution >= 4 is 15.7 Å². The third-order valence-electron chi connectivity index (χ3n) is 4.49. The third kappa shape index (κ3) is 3.44. The summed E-state index contributed by atoms with van der Waals surface area (Å²) in [6.45, 7) is 4.13. The minimum Gasteiger partial charge on any atom is -0.376 e. The number of sulfonamides is 1. The van der Waals surface area contributed by atoms with Gasteiger partial charge >= 0.3 is 0 Å². The minimum atomic E-state index is -3.18. The minimum absolute atomic E-state index is 0.0867. The van der Waals surface area contributed by atoms with Gasteiger partial charge in [-0.25, -0.2) is 23.1 Å². The summed E-state index contributed by atoms with van der Waals surface area (Å²) in [6, 6.07) is 1.90. The highest BCUT2D eigenvalue weighted by atomic mass is 32.2. The maximum atomic E-state index is 11.6. The van der Waals surface area contributed by atoms with Gasteiger partial charge in [0.05, 0.1) is 36.5 Å². The van der Waals surface area contributed by atoms with Crippen LogP contribution in [0.4, 0.5) is 5.69 Å². The van der Waals surface area contributed by atoms with Crippen LogP contribution in [0.1, 0.15) is 12.7 Å². The first-order valence-electron chi connectivity index (χ1n) is 7.58. The van der Waals surface area contributed by atoms with Crippen molar-refractivity contribution in [3.8, 4) is 6.07 Å². The fourth-order valence-electron chi connectivity index (χ4n) is 3.10. The Hall–Kier alpha value is -1.76. The van der Waals surface area contributed by atoms with E-state index in [0.29, 0.717) is 13.2 Å². The standard InChI is InChI=1S/C14H19N5O3S/c1-2-23(20,21)18-4-10-9-22-13-8-19(7-12(10)13)11-5-16-14(3-15)17-6-11/h5-6,10,12-13,18H,2,4,7-9H2,1H3/t10-,12+,13+/m1/s1. The van der Waals surface area contributed by atoms with Crippen molar-refractivity contribution in [3.05, 3.63) is 18.2 Å². The van der Waals surface area contributed by atoms with Gasteiger partial charge in [0, 0.05) is 31.5 Å². The molecule has 2 aliphatic rings. The molecule has 0 saturated carbocycles. The van der Waals surface area contributed by atoms with E-state index in [2.05, 4.69) is 19.6 Å². The third-order valence-corrected chi connectivity index (χ3v) is 5.85. The molecule has 0 amide bonds. The molecule has 3 atom stereocenters. The number of fused-ring (bicyclic) bond motifs is 1. The Labute approximate surface area is 135 Å². The number of nitrogens with zero attached hydrogens (tertiary/aromatic N) is 4. The smallest absolute Gasteiger partial charge is 0.232 e. The molecule has 8 nitrogen and oxygen atoms in total. The highest BCUT2D eigenvalue weighted by molar-refractivity contribution is 7.89. The van der Waals surface area contributed by atoms with E-state index in [4.69, 9.17) is 10.00 Å². The predicted octanol–water partition coefficient (Wildman–Crippen LogP) is -0.261. The zero-order valence-corrected chi connectivity index (χ0v) is 13.7. The van der Waals surface area contributed by atoms with Gasteiger partial charge in [-0.2, -0.15) is 5.26 Å². The van der Waals surface area contributed by atoms with Crippen molar-refractivity contribution in [2.75, 3.05) is 36.9 Å². The molecule has 3 rings (SSSR count). The van der Waals surface area contributed by atoms with Gasteiger partial charge in [-0.3, -0.25) is 0 Å². The number of hydrogen-bond donors (Lipinski definition) is 1. The summed E-state index contributed by atoms with van der Waals surface area (Å²) in [5.74, 6) is 0.690. The zero-order chi connectivity index (χ0) is 16.4. The van der Waals surface area contributed by atoms with Crippen molar-refractivity contribution in [2.24, 2.45) is 11.8 Å². The zero-order valence-electron chi connectivity index (χ0n) is 12.8. The molecule has 0 spiro atoms. The number of anilines is 1. The van der Waals surface area contributed by atoms with E-state index in [-0.39, 0.29) is 29.5 Å². The Balaban J connectivity index is 1.63. The summed E-state index contributed by atoms with van der Waals surface area (Å²) in [5, 5.41) is 8.74. The molecule has 1 aromatic rings. The number of aromatic nitrogens is 2. The Bertz CT molecular complexity index is 700. The van der Waals surface area contributed by atoms with Crippen LogP contribution in [0.25, 0.3) is 0 Å². The van der Waals surface area contributed by atoms with Crippen molar-refractivity contribution in [1.82, 2.24) is 14.7 Å². The molecule has 1 N–H and O–H groups in total. The normalized spacial score (nSPS) is 27.0. The van der Waals surface area contributed by atoms with Gasteiger partial charge in [0.15, 0.2) is 0 Å². The Morgan fingerprint density at radius 2 is 2.17 bits per heavy atom. The van der Waals surface area contributed by atoms with Crippen LogP contribution >= 0.6 is 0 Å². The van der Waals surface area contributed by atoms with Crippen LogP contribution < -0.4 is 9.62 Å². The number of nitrogens with one attached hydrogen (secondary N) is 1. The van der Waals surface area contributed by atoms with Crippen molar-refractivity contribution in [2.45, 2.75) is 13.0 Å². The Kier molecular flexibility index (Phi) is 4.48. The summed E-state index contributed by atoms with van der Waals surface area (Å²) in [6.07, 6.45) is 3.38. The van der Waals surface area contributed by atoms with E-state index in [1.54, 1.807) is 19.3 Å². The average Bonchev–Trinajstić information content (AvgIpc) is 3.14. The summed E-state index contributed by atoms with van der Waals surface area (Å²) in [5.41, 5.74) is 0.856. The molecule has 0 aromatic carbocycles. The second-order valence-electron chi connectivity index (χ2n) is 5.83. The van der Waals surface area contributed by atoms with E-state index >= 15 is 0 Å². The first-order valence-corrected chi connectivity index (χ1v) is 9.23. The lowest BCUT2D eigenvalue weighted by atomic mass is 9.93. The van der Waals surface area contributed by atoms with Crippen LogP contribution in [0.3, 0.4) is 0 Å². The number of rotatable bonds is 5. The van der Waals surface area contributed by atoms with E-state index in [1.165, 1.54) is 0 Å². The highest BCUT2D eigenvalue weighted by Gasteiger charge is 2.44. The first kappa shape index (κ1) is 16.1. The van der Waals surface area contributed by atoms with Crippen molar-refractivity contribution in [3.63, 3.8) is 0 Å². The topological polar surface area (TPSA) is 108 Å². The van der Waals surface area contributed by atoms with Crippen molar-refractivity contribution < 1.29 is 13.2 Å². The lowest BCUT2D eigenvalue weighted by Gasteiger charge is -2.21. The van der Waals surface area contributed by atoms with Gasteiger partial charge in [-0.1, -0.05) is 0 Å². The molecular formula is C14H19N5O3S. The molecule has 0 radical (unpaired) electrons. The molecule has 0 unspecified atom stereocenters. The monoisotopic (exact) mass is 337 g/mol. The largest absolute Gasteiger partial charge is 0.376 e. The summed E-state index contributed by atoms with van der Waals surface area (Å²) < 4.78 is 31.6. The molecule has 9 heteroatoms. The van der Waals surface area contributed by atoms with Gasteiger partial charge in [-0.15, -0.1) is 0 Å². The number of nitriles is 1. The second kappa shape index (κ2) is 6.39. The molecular weight excluding hydrogens is 318 g/mol. The molecule has 2 fully saturated rings. The maximum Gasteiger partial charge on any atom is 0.232 e. The SMILES string of the molecule is CCS(=O)(=O)NC[C@@H]1CO[C@H]2CN(c3cnc(C#N)nc3)C[C@@H]12. The van der Waals surface area contributed by atoms with Crippen LogP contribution in [-0.2, 0) is 14.8 Å². The molecule has 0 bridgehead atoms. The molecule has 2 aliphatic heterocycles. The summed E-state index contributed by atoms with van der Waals surface area (Å²) in [7, 11) is -3.18. The van der Waals surface area contributed by atoms with Crippen LogP contribution in [-0.4, -0.2) is 56.5 Å². The van der Waals surface area contributed by atoms with Crippen LogP contribution in [0.2, 0.25) is 0 Å². The molecule has 124 valence electrons. The van der Waals surface area contributed by atoms with E-state index in [1.807, 2.05) is 6.07 Å². The van der Waals surface area contributed by atoms with E-state index in [0.717, 1.165) is 18.8 Å². The quantitative estimate of drug-likeness (QED) is 0.788. The first-order chi connectivity index (χ1) is 11.0. The predicted molar refractivity (Wildman–Crippen MR) is 83.1 cm³/mol. The highest BCUT2D eigenvalue weighted by Crippen LogP contribution is 2.35.